The fraction of sp³-hybridized carbons (Fsp3) is 0.143. The van der Waals surface area contributed by atoms with E-state index in [9.17, 15) is 13.2 Å². The van der Waals surface area contributed by atoms with Gasteiger partial charge in [-0.1, -0.05) is 48.5 Å². The molecule has 0 saturated carbocycles. The number of benzene rings is 2. The molecule has 8 heteroatoms. The number of nitrogens with one attached hydrogen (secondary N) is 1. The molecule has 3 rings (SSSR count). The smallest absolute Gasteiger partial charge is 0.255 e. The van der Waals surface area contributed by atoms with Crippen LogP contribution in [0.5, 0.6) is 0 Å². The van der Waals surface area contributed by atoms with Gasteiger partial charge in [0.05, 0.1) is 17.7 Å². The molecular weight excluding hydrogens is 406 g/mol. The lowest BCUT2D eigenvalue weighted by molar-refractivity contribution is -0.121. The third kappa shape index (κ3) is 5.60. The Hall–Kier alpha value is -2.81. The van der Waals surface area contributed by atoms with Crippen LogP contribution in [0.3, 0.4) is 0 Å². The molecule has 0 aliphatic heterocycles. The molecule has 0 bridgehead atoms. The molecule has 0 fully saturated rings. The zero-order valence-corrected chi connectivity index (χ0v) is 17.5. The van der Waals surface area contributed by atoms with Crippen molar-refractivity contribution in [1.29, 1.82) is 0 Å². The summed E-state index contributed by atoms with van der Waals surface area (Å²) in [7, 11) is -3.85. The van der Waals surface area contributed by atoms with E-state index in [4.69, 9.17) is 0 Å². The Kier molecular flexibility index (Phi) is 6.92. The number of hydrogen-bond donors (Lipinski definition) is 1. The first-order valence-electron chi connectivity index (χ1n) is 8.92. The number of hydrogen-bond acceptors (Lipinski definition) is 5. The Morgan fingerprint density at radius 3 is 2.34 bits per heavy atom. The first-order chi connectivity index (χ1) is 14.0. The summed E-state index contributed by atoms with van der Waals surface area (Å²) >= 11 is 1.51. The van der Waals surface area contributed by atoms with Crippen molar-refractivity contribution in [3.8, 4) is 0 Å². The SMILES string of the molecule is Cc1ccsc1/C=N/NC(=O)CN(Cc1ccccc1)S(=O)(=O)c1ccccc1. The minimum Gasteiger partial charge on any atom is -0.272 e. The van der Waals surface area contributed by atoms with Crippen LogP contribution in [0.2, 0.25) is 0 Å². The third-order valence-corrected chi connectivity index (χ3v) is 6.93. The molecule has 0 aliphatic carbocycles. The van der Waals surface area contributed by atoms with Gasteiger partial charge in [0.15, 0.2) is 0 Å². The van der Waals surface area contributed by atoms with Crippen LogP contribution in [-0.4, -0.2) is 31.4 Å². The van der Waals surface area contributed by atoms with Crippen LogP contribution in [-0.2, 0) is 21.4 Å². The van der Waals surface area contributed by atoms with Crippen molar-refractivity contribution in [2.24, 2.45) is 5.10 Å². The van der Waals surface area contributed by atoms with Gasteiger partial charge < -0.3 is 0 Å². The van der Waals surface area contributed by atoms with E-state index >= 15 is 0 Å². The third-order valence-electron chi connectivity index (χ3n) is 4.18. The number of nitrogens with zero attached hydrogens (tertiary/aromatic N) is 2. The van der Waals surface area contributed by atoms with E-state index in [2.05, 4.69) is 10.5 Å². The molecule has 0 unspecified atom stereocenters. The lowest BCUT2D eigenvalue weighted by Crippen LogP contribution is -2.39. The van der Waals surface area contributed by atoms with E-state index < -0.39 is 15.9 Å². The maximum atomic E-state index is 13.1. The molecule has 29 heavy (non-hydrogen) atoms. The van der Waals surface area contributed by atoms with Crippen LogP contribution in [0.1, 0.15) is 16.0 Å². The number of carbonyl (C=O) groups excluding carboxylic acids is 1. The largest absolute Gasteiger partial charge is 0.272 e. The summed E-state index contributed by atoms with van der Waals surface area (Å²) in [6.07, 6.45) is 1.56. The zero-order valence-electron chi connectivity index (χ0n) is 15.9. The molecule has 1 N–H and O–H groups in total. The summed E-state index contributed by atoms with van der Waals surface area (Å²) in [4.78, 5) is 13.5. The number of hydrazone groups is 1. The number of carbonyl (C=O) groups is 1. The standard InChI is InChI=1S/C21H21N3O3S2/c1-17-12-13-28-20(17)14-22-23-21(25)16-24(15-18-8-4-2-5-9-18)29(26,27)19-10-6-3-7-11-19/h2-14H,15-16H2,1H3,(H,23,25)/b22-14+. The molecule has 1 aromatic heterocycles. The Morgan fingerprint density at radius 2 is 1.72 bits per heavy atom. The highest BCUT2D eigenvalue weighted by Crippen LogP contribution is 2.18. The van der Waals surface area contributed by atoms with Gasteiger partial charge in [-0.2, -0.15) is 9.41 Å². The van der Waals surface area contributed by atoms with Crippen LogP contribution in [0.25, 0.3) is 0 Å². The molecule has 0 aliphatic rings. The molecule has 0 atom stereocenters. The second kappa shape index (κ2) is 9.60. The van der Waals surface area contributed by atoms with Crippen molar-refractivity contribution in [2.75, 3.05) is 6.54 Å². The summed E-state index contributed by atoms with van der Waals surface area (Å²) in [5.74, 6) is -0.508. The fourth-order valence-corrected chi connectivity index (χ4v) is 4.82. The highest BCUT2D eigenvalue weighted by Gasteiger charge is 2.26. The topological polar surface area (TPSA) is 78.8 Å². The molecule has 0 saturated heterocycles. The van der Waals surface area contributed by atoms with Crippen molar-refractivity contribution in [3.63, 3.8) is 0 Å². The van der Waals surface area contributed by atoms with Crippen LogP contribution in [0, 0.1) is 6.92 Å². The molecule has 0 spiro atoms. The number of aryl methyl sites for hydroxylation is 1. The van der Waals surface area contributed by atoms with Crippen LogP contribution >= 0.6 is 11.3 Å². The van der Waals surface area contributed by atoms with Crippen LogP contribution < -0.4 is 5.43 Å². The average molecular weight is 428 g/mol. The maximum absolute atomic E-state index is 13.1. The zero-order chi connectivity index (χ0) is 20.7. The highest BCUT2D eigenvalue weighted by molar-refractivity contribution is 7.89. The lowest BCUT2D eigenvalue weighted by Gasteiger charge is -2.21. The Bertz CT molecular complexity index is 1080. The molecule has 150 valence electrons. The Morgan fingerprint density at radius 1 is 1.07 bits per heavy atom. The fourth-order valence-electron chi connectivity index (χ4n) is 2.63. The number of thiophene rings is 1. The molecular formula is C21H21N3O3S2. The molecule has 1 heterocycles. The van der Waals surface area contributed by atoms with Gasteiger partial charge in [0.25, 0.3) is 5.91 Å². The first-order valence-corrected chi connectivity index (χ1v) is 11.2. The van der Waals surface area contributed by atoms with Crippen molar-refractivity contribution in [1.82, 2.24) is 9.73 Å². The molecule has 1 amide bonds. The normalized spacial score (nSPS) is 11.8. The molecule has 2 aromatic carbocycles. The van der Waals surface area contributed by atoms with Gasteiger partial charge in [0, 0.05) is 11.4 Å². The van der Waals surface area contributed by atoms with Crippen molar-refractivity contribution >= 4 is 33.5 Å². The Labute approximate surface area is 174 Å². The van der Waals surface area contributed by atoms with E-state index in [0.717, 1.165) is 20.3 Å². The predicted octanol–water partition coefficient (Wildman–Crippen LogP) is 3.40. The van der Waals surface area contributed by atoms with E-state index in [1.54, 1.807) is 24.4 Å². The summed E-state index contributed by atoms with van der Waals surface area (Å²) in [6, 6.07) is 19.2. The van der Waals surface area contributed by atoms with E-state index in [1.807, 2.05) is 48.7 Å². The number of rotatable bonds is 8. The van der Waals surface area contributed by atoms with Gasteiger partial charge in [-0.15, -0.1) is 11.3 Å². The lowest BCUT2D eigenvalue weighted by atomic mass is 10.2. The quantitative estimate of drug-likeness (QED) is 0.442. The minimum atomic E-state index is -3.85. The minimum absolute atomic E-state index is 0.0826. The van der Waals surface area contributed by atoms with Crippen LogP contribution in [0.15, 0.2) is 82.1 Å². The van der Waals surface area contributed by atoms with Crippen LogP contribution in [0.4, 0.5) is 0 Å². The second-order valence-electron chi connectivity index (χ2n) is 6.33. The van der Waals surface area contributed by atoms with Gasteiger partial charge in [0.2, 0.25) is 10.0 Å². The van der Waals surface area contributed by atoms with E-state index in [0.29, 0.717) is 0 Å². The Balaban J connectivity index is 1.77. The van der Waals surface area contributed by atoms with Crippen molar-refractivity contribution in [3.05, 3.63) is 88.1 Å². The number of amides is 1. The van der Waals surface area contributed by atoms with Crippen molar-refractivity contribution in [2.45, 2.75) is 18.4 Å². The predicted molar refractivity (Wildman–Crippen MR) is 115 cm³/mol. The summed E-state index contributed by atoms with van der Waals surface area (Å²) in [5.41, 5.74) is 4.27. The van der Waals surface area contributed by atoms with Gasteiger partial charge >= 0.3 is 0 Å². The van der Waals surface area contributed by atoms with Gasteiger partial charge in [-0.3, -0.25) is 4.79 Å². The van der Waals surface area contributed by atoms with E-state index in [1.165, 1.54) is 23.5 Å². The molecule has 0 radical (unpaired) electrons. The summed E-state index contributed by atoms with van der Waals surface area (Å²) < 4.78 is 27.3. The summed E-state index contributed by atoms with van der Waals surface area (Å²) in [6.45, 7) is 1.69. The van der Waals surface area contributed by atoms with Gasteiger partial charge in [-0.05, 0) is 41.6 Å². The van der Waals surface area contributed by atoms with Crippen molar-refractivity contribution < 1.29 is 13.2 Å². The number of sulfonamides is 1. The first kappa shape index (κ1) is 20.9. The monoisotopic (exact) mass is 427 g/mol. The average Bonchev–Trinajstić information content (AvgIpc) is 3.14. The molecule has 3 aromatic rings. The van der Waals surface area contributed by atoms with E-state index in [-0.39, 0.29) is 18.0 Å². The maximum Gasteiger partial charge on any atom is 0.255 e. The van der Waals surface area contributed by atoms with Gasteiger partial charge in [0.1, 0.15) is 0 Å². The summed E-state index contributed by atoms with van der Waals surface area (Å²) in [5, 5.41) is 5.89. The molecule has 6 nitrogen and oxygen atoms in total. The highest BCUT2D eigenvalue weighted by atomic mass is 32.2. The van der Waals surface area contributed by atoms with Gasteiger partial charge in [-0.25, -0.2) is 13.8 Å². The second-order valence-corrected chi connectivity index (χ2v) is 9.22.